The number of halogens is 1. The van der Waals surface area contributed by atoms with Gasteiger partial charge in [-0.2, -0.15) is 5.10 Å². The summed E-state index contributed by atoms with van der Waals surface area (Å²) >= 11 is 5.53. The average Bonchev–Trinajstić information content (AvgIpc) is 3.07. The average molecular weight is 364 g/mol. The number of aromatic nitrogens is 3. The SMILES string of the molecule is CC(C=CCl)Oc1ccc(OC(C(=O)C(C)(C)C)n2cncn2)cc1. The minimum Gasteiger partial charge on any atom is -0.487 e. The maximum atomic E-state index is 12.7. The van der Waals surface area contributed by atoms with Gasteiger partial charge in [-0.05, 0) is 37.3 Å². The van der Waals surface area contributed by atoms with Crippen LogP contribution >= 0.6 is 11.6 Å². The number of ketones is 1. The van der Waals surface area contributed by atoms with Crippen LogP contribution in [-0.2, 0) is 4.79 Å². The number of rotatable bonds is 7. The molecule has 7 heteroatoms. The van der Waals surface area contributed by atoms with Gasteiger partial charge in [0.15, 0.2) is 0 Å². The monoisotopic (exact) mass is 363 g/mol. The molecule has 0 N–H and O–H groups in total. The molecule has 0 aliphatic rings. The lowest BCUT2D eigenvalue weighted by molar-refractivity contribution is -0.138. The molecule has 1 aromatic heterocycles. The molecule has 134 valence electrons. The van der Waals surface area contributed by atoms with E-state index in [1.165, 1.54) is 22.9 Å². The van der Waals surface area contributed by atoms with Crippen molar-refractivity contribution < 1.29 is 14.3 Å². The number of Topliss-reactive ketones (excluding diaryl/α,β-unsaturated/α-hetero) is 1. The molecule has 0 saturated heterocycles. The normalized spacial score (nSPS) is 14.3. The van der Waals surface area contributed by atoms with E-state index in [0.717, 1.165) is 0 Å². The molecule has 0 bridgehead atoms. The first-order chi connectivity index (χ1) is 11.8. The summed E-state index contributed by atoms with van der Waals surface area (Å²) in [5, 5.41) is 4.04. The Bertz CT molecular complexity index is 706. The number of hydrogen-bond acceptors (Lipinski definition) is 5. The van der Waals surface area contributed by atoms with Crippen molar-refractivity contribution in [2.45, 2.75) is 40.0 Å². The number of hydrogen-bond donors (Lipinski definition) is 0. The molecule has 2 atom stereocenters. The zero-order valence-electron chi connectivity index (χ0n) is 14.7. The minimum absolute atomic E-state index is 0.0980. The second-order valence-electron chi connectivity index (χ2n) is 6.57. The Hall–Kier alpha value is -2.34. The zero-order chi connectivity index (χ0) is 18.4. The quantitative estimate of drug-likeness (QED) is 0.744. The van der Waals surface area contributed by atoms with Crippen molar-refractivity contribution in [3.05, 3.63) is 48.5 Å². The number of benzene rings is 1. The Balaban J connectivity index is 2.15. The van der Waals surface area contributed by atoms with Crippen LogP contribution in [0.5, 0.6) is 11.5 Å². The molecular formula is C18H22ClN3O3. The third-order valence-electron chi connectivity index (χ3n) is 3.38. The fraction of sp³-hybridized carbons (Fsp3) is 0.389. The molecule has 0 fully saturated rings. The lowest BCUT2D eigenvalue weighted by Gasteiger charge is -2.25. The van der Waals surface area contributed by atoms with Gasteiger partial charge >= 0.3 is 0 Å². The van der Waals surface area contributed by atoms with Crippen molar-refractivity contribution in [1.29, 1.82) is 0 Å². The summed E-state index contributed by atoms with van der Waals surface area (Å²) in [5.74, 6) is 1.11. The van der Waals surface area contributed by atoms with Crippen LogP contribution in [0.2, 0.25) is 0 Å². The van der Waals surface area contributed by atoms with E-state index in [4.69, 9.17) is 21.1 Å². The largest absolute Gasteiger partial charge is 0.487 e. The molecular weight excluding hydrogens is 342 g/mol. The molecule has 2 unspecified atom stereocenters. The van der Waals surface area contributed by atoms with E-state index >= 15 is 0 Å². The van der Waals surface area contributed by atoms with Gasteiger partial charge in [0.1, 0.15) is 30.3 Å². The lowest BCUT2D eigenvalue weighted by Crippen LogP contribution is -2.34. The Morgan fingerprint density at radius 2 is 1.80 bits per heavy atom. The van der Waals surface area contributed by atoms with Crippen LogP contribution in [0.4, 0.5) is 0 Å². The van der Waals surface area contributed by atoms with Crippen LogP contribution in [0.1, 0.15) is 33.9 Å². The third kappa shape index (κ3) is 5.32. The van der Waals surface area contributed by atoms with Gasteiger partial charge in [-0.3, -0.25) is 4.79 Å². The number of ether oxygens (including phenoxy) is 2. The van der Waals surface area contributed by atoms with Crippen molar-refractivity contribution in [3.8, 4) is 11.5 Å². The molecule has 6 nitrogen and oxygen atoms in total. The van der Waals surface area contributed by atoms with Crippen LogP contribution in [0.15, 0.2) is 48.5 Å². The van der Waals surface area contributed by atoms with Gasteiger partial charge in [0, 0.05) is 11.0 Å². The van der Waals surface area contributed by atoms with E-state index in [2.05, 4.69) is 10.1 Å². The van der Waals surface area contributed by atoms with Crippen LogP contribution in [-0.4, -0.2) is 26.7 Å². The Morgan fingerprint density at radius 3 is 2.28 bits per heavy atom. The van der Waals surface area contributed by atoms with Gasteiger partial charge in [0.05, 0.1) is 0 Å². The Kier molecular flexibility index (Phi) is 6.20. The second-order valence-corrected chi connectivity index (χ2v) is 6.82. The predicted octanol–water partition coefficient (Wildman–Crippen LogP) is 3.99. The molecule has 1 aromatic carbocycles. The highest BCUT2D eigenvalue weighted by atomic mass is 35.5. The molecule has 2 aromatic rings. The summed E-state index contributed by atoms with van der Waals surface area (Å²) in [6.45, 7) is 7.40. The molecule has 0 saturated carbocycles. The van der Waals surface area contributed by atoms with Crippen molar-refractivity contribution in [1.82, 2.24) is 14.8 Å². The zero-order valence-corrected chi connectivity index (χ0v) is 15.5. The van der Waals surface area contributed by atoms with E-state index in [1.54, 1.807) is 30.3 Å². The van der Waals surface area contributed by atoms with Gasteiger partial charge in [0.2, 0.25) is 5.78 Å². The molecule has 1 heterocycles. The van der Waals surface area contributed by atoms with E-state index < -0.39 is 11.6 Å². The van der Waals surface area contributed by atoms with Gasteiger partial charge in [0.25, 0.3) is 6.23 Å². The van der Waals surface area contributed by atoms with Gasteiger partial charge in [-0.25, -0.2) is 9.67 Å². The number of nitrogens with zero attached hydrogens (tertiary/aromatic N) is 3. The van der Waals surface area contributed by atoms with Crippen LogP contribution in [0.25, 0.3) is 0 Å². The minimum atomic E-state index is -0.882. The van der Waals surface area contributed by atoms with Gasteiger partial charge in [-0.15, -0.1) is 0 Å². The Labute approximate surface area is 152 Å². The highest BCUT2D eigenvalue weighted by Crippen LogP contribution is 2.27. The van der Waals surface area contributed by atoms with Crippen molar-refractivity contribution in [2.75, 3.05) is 0 Å². The standard InChI is InChI=1S/C18H22ClN3O3/c1-13(9-10-19)24-14-5-7-15(8-6-14)25-17(16(23)18(2,3)4)22-12-20-11-21-22/h5-13,17H,1-4H3. The van der Waals surface area contributed by atoms with Gasteiger partial charge in [-0.1, -0.05) is 32.4 Å². The smallest absolute Gasteiger partial charge is 0.252 e. The topological polar surface area (TPSA) is 66.2 Å². The van der Waals surface area contributed by atoms with E-state index in [1.807, 2.05) is 27.7 Å². The Morgan fingerprint density at radius 1 is 1.20 bits per heavy atom. The second kappa shape index (κ2) is 8.16. The van der Waals surface area contributed by atoms with E-state index in [9.17, 15) is 4.79 Å². The van der Waals surface area contributed by atoms with Crippen LogP contribution < -0.4 is 9.47 Å². The predicted molar refractivity (Wildman–Crippen MR) is 95.7 cm³/mol. The van der Waals surface area contributed by atoms with Crippen molar-refractivity contribution >= 4 is 17.4 Å². The van der Waals surface area contributed by atoms with Crippen molar-refractivity contribution in [3.63, 3.8) is 0 Å². The summed E-state index contributed by atoms with van der Waals surface area (Å²) in [7, 11) is 0. The highest BCUT2D eigenvalue weighted by molar-refractivity contribution is 6.25. The molecule has 0 aliphatic heterocycles. The first-order valence-corrected chi connectivity index (χ1v) is 8.33. The maximum absolute atomic E-state index is 12.7. The summed E-state index contributed by atoms with van der Waals surface area (Å²) in [6, 6.07) is 7.03. The fourth-order valence-electron chi connectivity index (χ4n) is 2.02. The summed E-state index contributed by atoms with van der Waals surface area (Å²) < 4.78 is 13.0. The van der Waals surface area contributed by atoms with Crippen LogP contribution in [0.3, 0.4) is 0 Å². The molecule has 2 rings (SSSR count). The molecule has 0 spiro atoms. The summed E-state index contributed by atoms with van der Waals surface area (Å²) in [6.07, 6.45) is 3.54. The summed E-state index contributed by atoms with van der Waals surface area (Å²) in [4.78, 5) is 16.6. The molecule has 0 amide bonds. The first kappa shape index (κ1) is 19.0. The fourth-order valence-corrected chi connectivity index (χ4v) is 2.22. The van der Waals surface area contributed by atoms with E-state index in [0.29, 0.717) is 11.5 Å². The van der Waals surface area contributed by atoms with Crippen LogP contribution in [0, 0.1) is 5.41 Å². The molecule has 0 aliphatic carbocycles. The van der Waals surface area contributed by atoms with E-state index in [-0.39, 0.29) is 11.9 Å². The molecule has 0 radical (unpaired) electrons. The molecule has 25 heavy (non-hydrogen) atoms. The maximum Gasteiger partial charge on any atom is 0.252 e. The number of carbonyl (C=O) groups is 1. The lowest BCUT2D eigenvalue weighted by atomic mass is 9.90. The van der Waals surface area contributed by atoms with Crippen molar-refractivity contribution in [2.24, 2.45) is 5.41 Å². The summed E-state index contributed by atoms with van der Waals surface area (Å²) in [5.41, 5.74) is 0.839. The highest BCUT2D eigenvalue weighted by Gasteiger charge is 2.33. The third-order valence-corrected chi connectivity index (χ3v) is 3.52. The number of carbonyl (C=O) groups excluding carboxylic acids is 1. The first-order valence-electron chi connectivity index (χ1n) is 7.90. The van der Waals surface area contributed by atoms with Gasteiger partial charge < -0.3 is 9.47 Å².